The molecule has 3 heteroatoms. The van der Waals surface area contributed by atoms with E-state index in [1.807, 2.05) is 42.5 Å². The van der Waals surface area contributed by atoms with Crippen LogP contribution in [0.25, 0.3) is 11.1 Å². The topological polar surface area (TPSA) is 62.2 Å². The molecular formula is C15H13N3. The maximum Gasteiger partial charge on any atom is 0.125 e. The first-order valence-corrected chi connectivity index (χ1v) is 5.58. The quantitative estimate of drug-likeness (QED) is 0.642. The van der Waals surface area contributed by atoms with Crippen molar-refractivity contribution in [3.8, 4) is 17.2 Å². The van der Waals surface area contributed by atoms with E-state index >= 15 is 0 Å². The van der Waals surface area contributed by atoms with Crippen LogP contribution in [0.2, 0.25) is 0 Å². The molecule has 0 aliphatic heterocycles. The fraction of sp³-hybridized carbons (Fsp3) is 0.0667. The van der Waals surface area contributed by atoms with E-state index in [2.05, 4.69) is 11.1 Å². The van der Waals surface area contributed by atoms with Crippen molar-refractivity contribution in [2.45, 2.75) is 0 Å². The summed E-state index contributed by atoms with van der Waals surface area (Å²) < 4.78 is 0. The summed E-state index contributed by atoms with van der Waals surface area (Å²) in [6, 6.07) is 17.5. The van der Waals surface area contributed by atoms with Gasteiger partial charge in [-0.3, -0.25) is 4.99 Å². The van der Waals surface area contributed by atoms with Gasteiger partial charge < -0.3 is 5.73 Å². The SMILES string of the molecule is CN=C(N)c1ccc(-c2cccc(C#N)c2)cc1. The Morgan fingerprint density at radius 1 is 1.11 bits per heavy atom. The summed E-state index contributed by atoms with van der Waals surface area (Å²) in [5.41, 5.74) is 9.37. The van der Waals surface area contributed by atoms with Crippen LogP contribution in [-0.2, 0) is 0 Å². The van der Waals surface area contributed by atoms with Gasteiger partial charge in [-0.05, 0) is 23.3 Å². The van der Waals surface area contributed by atoms with Crippen LogP contribution in [-0.4, -0.2) is 12.9 Å². The van der Waals surface area contributed by atoms with Gasteiger partial charge in [-0.15, -0.1) is 0 Å². The molecule has 0 radical (unpaired) electrons. The van der Waals surface area contributed by atoms with E-state index in [1.165, 1.54) is 0 Å². The van der Waals surface area contributed by atoms with Crippen LogP contribution in [0.3, 0.4) is 0 Å². The van der Waals surface area contributed by atoms with E-state index in [0.29, 0.717) is 11.4 Å². The van der Waals surface area contributed by atoms with Gasteiger partial charge in [0.05, 0.1) is 11.6 Å². The molecule has 0 aliphatic rings. The van der Waals surface area contributed by atoms with Crippen molar-refractivity contribution < 1.29 is 0 Å². The third-order valence-electron chi connectivity index (χ3n) is 2.75. The number of benzene rings is 2. The van der Waals surface area contributed by atoms with Crippen LogP contribution in [0.15, 0.2) is 53.5 Å². The first-order valence-electron chi connectivity index (χ1n) is 5.58. The molecule has 0 fully saturated rings. The number of nitrogens with two attached hydrogens (primary N) is 1. The van der Waals surface area contributed by atoms with Gasteiger partial charge >= 0.3 is 0 Å². The number of amidine groups is 1. The Kier molecular flexibility index (Phi) is 3.40. The Hall–Kier alpha value is -2.60. The van der Waals surface area contributed by atoms with Crippen LogP contribution in [0, 0.1) is 11.3 Å². The van der Waals surface area contributed by atoms with Gasteiger partial charge in [-0.1, -0.05) is 36.4 Å². The lowest BCUT2D eigenvalue weighted by molar-refractivity contribution is 1.39. The molecule has 0 spiro atoms. The molecule has 0 aliphatic carbocycles. The van der Waals surface area contributed by atoms with Gasteiger partial charge in [-0.25, -0.2) is 0 Å². The third kappa shape index (κ3) is 2.38. The van der Waals surface area contributed by atoms with E-state index in [9.17, 15) is 0 Å². The number of rotatable bonds is 2. The Balaban J connectivity index is 2.37. The minimum atomic E-state index is 0.521. The molecule has 0 unspecified atom stereocenters. The fourth-order valence-corrected chi connectivity index (χ4v) is 1.73. The molecule has 0 saturated heterocycles. The molecule has 0 bridgehead atoms. The minimum absolute atomic E-state index is 0.521. The molecule has 3 nitrogen and oxygen atoms in total. The maximum atomic E-state index is 8.88. The van der Waals surface area contributed by atoms with Crippen molar-refractivity contribution >= 4 is 5.84 Å². The predicted octanol–water partition coefficient (Wildman–Crippen LogP) is 2.56. The van der Waals surface area contributed by atoms with Gasteiger partial charge in [0.15, 0.2) is 0 Å². The minimum Gasteiger partial charge on any atom is -0.384 e. The normalized spacial score (nSPS) is 11.0. The monoisotopic (exact) mass is 235 g/mol. The van der Waals surface area contributed by atoms with E-state index in [1.54, 1.807) is 13.1 Å². The summed E-state index contributed by atoms with van der Waals surface area (Å²) in [7, 11) is 1.67. The standard InChI is InChI=1S/C15H13N3/c1-18-15(17)13-7-5-12(6-8-13)14-4-2-3-11(9-14)10-16/h2-9H,1H3,(H2,17,18). The van der Waals surface area contributed by atoms with Gasteiger partial charge in [0.1, 0.15) is 5.84 Å². The highest BCUT2D eigenvalue weighted by molar-refractivity contribution is 5.97. The van der Waals surface area contributed by atoms with Gasteiger partial charge in [-0.2, -0.15) is 5.26 Å². The summed E-state index contributed by atoms with van der Waals surface area (Å²) >= 11 is 0. The number of nitriles is 1. The molecule has 0 saturated carbocycles. The molecule has 2 N–H and O–H groups in total. The van der Waals surface area contributed by atoms with Crippen LogP contribution in [0.4, 0.5) is 0 Å². The summed E-state index contributed by atoms with van der Waals surface area (Å²) in [6.07, 6.45) is 0. The largest absolute Gasteiger partial charge is 0.384 e. The van der Waals surface area contributed by atoms with Crippen molar-refractivity contribution in [1.29, 1.82) is 5.26 Å². The highest BCUT2D eigenvalue weighted by atomic mass is 14.8. The molecule has 2 rings (SSSR count). The number of nitrogens with zero attached hydrogens (tertiary/aromatic N) is 2. The summed E-state index contributed by atoms with van der Waals surface area (Å²) in [5, 5.41) is 8.88. The van der Waals surface area contributed by atoms with Crippen LogP contribution < -0.4 is 5.73 Å². The van der Waals surface area contributed by atoms with Crippen molar-refractivity contribution in [2.75, 3.05) is 7.05 Å². The highest BCUT2D eigenvalue weighted by Gasteiger charge is 2.01. The lowest BCUT2D eigenvalue weighted by Crippen LogP contribution is -2.12. The smallest absolute Gasteiger partial charge is 0.125 e. The zero-order valence-electron chi connectivity index (χ0n) is 10.1. The van der Waals surface area contributed by atoms with Gasteiger partial charge in [0, 0.05) is 12.6 Å². The number of hydrogen-bond donors (Lipinski definition) is 1. The molecule has 2 aromatic carbocycles. The second-order valence-electron chi connectivity index (χ2n) is 3.88. The summed E-state index contributed by atoms with van der Waals surface area (Å²) in [6.45, 7) is 0. The van der Waals surface area contributed by atoms with Gasteiger partial charge in [0.2, 0.25) is 0 Å². The lowest BCUT2D eigenvalue weighted by Gasteiger charge is -2.04. The predicted molar refractivity (Wildman–Crippen MR) is 73.2 cm³/mol. The van der Waals surface area contributed by atoms with E-state index in [4.69, 9.17) is 11.0 Å². The Morgan fingerprint density at radius 3 is 2.44 bits per heavy atom. The van der Waals surface area contributed by atoms with Gasteiger partial charge in [0.25, 0.3) is 0 Å². The van der Waals surface area contributed by atoms with E-state index in [0.717, 1.165) is 16.7 Å². The molecule has 0 amide bonds. The van der Waals surface area contributed by atoms with Crippen molar-refractivity contribution in [1.82, 2.24) is 0 Å². The molecule has 0 atom stereocenters. The van der Waals surface area contributed by atoms with Crippen LogP contribution in [0.5, 0.6) is 0 Å². The highest BCUT2D eigenvalue weighted by Crippen LogP contribution is 2.20. The third-order valence-corrected chi connectivity index (χ3v) is 2.75. The zero-order valence-corrected chi connectivity index (χ0v) is 10.1. The maximum absolute atomic E-state index is 8.88. The van der Waals surface area contributed by atoms with Crippen molar-refractivity contribution in [3.05, 3.63) is 59.7 Å². The lowest BCUT2D eigenvalue weighted by atomic mass is 10.0. The molecule has 0 aromatic heterocycles. The number of hydrogen-bond acceptors (Lipinski definition) is 2. The Morgan fingerprint density at radius 2 is 1.83 bits per heavy atom. The second-order valence-corrected chi connectivity index (χ2v) is 3.88. The Bertz CT molecular complexity index is 619. The zero-order chi connectivity index (χ0) is 13.0. The average molecular weight is 235 g/mol. The summed E-state index contributed by atoms with van der Waals surface area (Å²) in [5.74, 6) is 0.521. The van der Waals surface area contributed by atoms with E-state index in [-0.39, 0.29) is 0 Å². The molecule has 2 aromatic rings. The molecule has 88 valence electrons. The molecule has 0 heterocycles. The molecule has 18 heavy (non-hydrogen) atoms. The van der Waals surface area contributed by atoms with Crippen LogP contribution >= 0.6 is 0 Å². The Labute approximate surface area is 106 Å². The fourth-order valence-electron chi connectivity index (χ4n) is 1.73. The number of aliphatic imine (C=N–C) groups is 1. The molecular weight excluding hydrogens is 222 g/mol. The van der Waals surface area contributed by atoms with E-state index < -0.39 is 0 Å². The first kappa shape index (κ1) is 11.9. The van der Waals surface area contributed by atoms with Crippen LogP contribution in [0.1, 0.15) is 11.1 Å². The van der Waals surface area contributed by atoms with Crippen molar-refractivity contribution in [3.63, 3.8) is 0 Å². The first-order chi connectivity index (χ1) is 8.74. The second kappa shape index (κ2) is 5.15. The van der Waals surface area contributed by atoms with Crippen molar-refractivity contribution in [2.24, 2.45) is 10.7 Å². The average Bonchev–Trinajstić information content (AvgIpc) is 2.46. The summed E-state index contributed by atoms with van der Waals surface area (Å²) in [4.78, 5) is 3.94.